The third-order valence-corrected chi connectivity index (χ3v) is 7.31. The first-order chi connectivity index (χ1) is 22.2. The van der Waals surface area contributed by atoms with Crippen molar-refractivity contribution >= 4 is 17.9 Å². The van der Waals surface area contributed by atoms with Crippen LogP contribution in [0.25, 0.3) is 20.9 Å². The molecule has 1 saturated heterocycles. The lowest BCUT2D eigenvalue weighted by atomic mass is 9.83. The van der Waals surface area contributed by atoms with Gasteiger partial charge in [-0.05, 0) is 47.8 Å². The van der Waals surface area contributed by atoms with Gasteiger partial charge in [-0.25, -0.2) is 14.4 Å². The number of esters is 3. The van der Waals surface area contributed by atoms with Crippen LogP contribution in [0.4, 0.5) is 0 Å². The number of carbonyl (C=O) groups excluding carboxylic acids is 3. The summed E-state index contributed by atoms with van der Waals surface area (Å²) in [5.41, 5.74) is 24.5. The van der Waals surface area contributed by atoms with Crippen molar-refractivity contribution in [1.82, 2.24) is 0 Å². The van der Waals surface area contributed by atoms with Crippen molar-refractivity contribution in [3.05, 3.63) is 129 Å². The third kappa shape index (κ3) is 7.44. The summed E-state index contributed by atoms with van der Waals surface area (Å²) in [6.07, 6.45) is -5.30. The number of methoxy groups -OCH3 is 1. The molecule has 15 heteroatoms. The number of benzene rings is 3. The SMILES string of the molecule is COC(=O)[C@@]1(OCc2ccccc2)C[C@H](OC(=O)c2ccccc2)[C@](N)(N=[N+]=[N-])[C@H]([C@H](N=[N+]=[N-])[C@@H](C)OC(=O)c2ccccc2)O1. The molecule has 3 aromatic carbocycles. The molecule has 1 fully saturated rings. The third-order valence-electron chi connectivity index (χ3n) is 7.31. The van der Waals surface area contributed by atoms with E-state index in [1.165, 1.54) is 31.2 Å². The summed E-state index contributed by atoms with van der Waals surface area (Å²) in [4.78, 5) is 45.5. The molecule has 0 aliphatic carbocycles. The lowest BCUT2D eigenvalue weighted by Gasteiger charge is -2.51. The minimum atomic E-state index is -2.34. The number of nitrogens with two attached hydrogens (primary N) is 1. The summed E-state index contributed by atoms with van der Waals surface area (Å²) in [5, 5.41) is 7.52. The Labute approximate surface area is 263 Å². The van der Waals surface area contributed by atoms with Gasteiger partial charge in [-0.1, -0.05) is 77.0 Å². The molecule has 0 saturated carbocycles. The minimum Gasteiger partial charge on any atom is -0.465 e. The standard InChI is InChI=1S/C31H31N7O8/c1-20(44-27(39)22-14-8-4-9-15-22)25(35-37-33)26-31(32,36-38-34)24(45-28(40)23-16-10-5-11-17-23)18-30(46-26,29(41)42-2)43-19-21-12-6-3-7-13-21/h3-17,20,24-26H,18-19,32H2,1-2H3/t20-,24+,25-,26+,30-,31+/m1/s1. The van der Waals surface area contributed by atoms with Gasteiger partial charge < -0.3 is 29.4 Å². The maximum absolute atomic E-state index is 13.5. The van der Waals surface area contributed by atoms with Gasteiger partial charge in [0, 0.05) is 9.82 Å². The second-order valence-electron chi connectivity index (χ2n) is 10.3. The van der Waals surface area contributed by atoms with Crippen molar-refractivity contribution in [2.45, 2.75) is 55.8 Å². The molecule has 0 spiro atoms. The van der Waals surface area contributed by atoms with Crippen molar-refractivity contribution in [3.63, 3.8) is 0 Å². The zero-order valence-corrected chi connectivity index (χ0v) is 24.9. The van der Waals surface area contributed by atoms with E-state index in [1.54, 1.807) is 66.7 Å². The Morgan fingerprint density at radius 1 is 0.935 bits per heavy atom. The second kappa shape index (κ2) is 15.0. The fraction of sp³-hybridized carbons (Fsp3) is 0.323. The van der Waals surface area contributed by atoms with E-state index in [0.717, 1.165) is 7.11 Å². The van der Waals surface area contributed by atoms with Gasteiger partial charge >= 0.3 is 17.9 Å². The number of nitrogens with zero attached hydrogens (tertiary/aromatic N) is 6. The van der Waals surface area contributed by atoms with Crippen LogP contribution in [0.5, 0.6) is 0 Å². The molecule has 3 aromatic rings. The largest absolute Gasteiger partial charge is 0.465 e. The monoisotopic (exact) mass is 629 g/mol. The Balaban J connectivity index is 1.82. The van der Waals surface area contributed by atoms with Crippen LogP contribution in [-0.2, 0) is 35.1 Å². The minimum absolute atomic E-state index is 0.124. The van der Waals surface area contributed by atoms with Crippen LogP contribution in [-0.4, -0.2) is 60.8 Å². The molecular formula is C31H31N7O8. The zero-order chi connectivity index (χ0) is 33.2. The quantitative estimate of drug-likeness (QED) is 0.0937. The molecule has 15 nitrogen and oxygen atoms in total. The molecule has 46 heavy (non-hydrogen) atoms. The Kier molecular flexibility index (Phi) is 10.9. The Bertz CT molecular complexity index is 1620. The maximum atomic E-state index is 13.5. The van der Waals surface area contributed by atoms with E-state index in [-0.39, 0.29) is 17.7 Å². The molecule has 0 bridgehead atoms. The molecule has 0 amide bonds. The van der Waals surface area contributed by atoms with Crippen molar-refractivity contribution in [2.24, 2.45) is 16.0 Å². The van der Waals surface area contributed by atoms with Crippen LogP contribution in [0.15, 0.2) is 101 Å². The van der Waals surface area contributed by atoms with E-state index >= 15 is 0 Å². The van der Waals surface area contributed by atoms with Crippen molar-refractivity contribution in [1.29, 1.82) is 0 Å². The zero-order valence-electron chi connectivity index (χ0n) is 24.9. The molecule has 1 heterocycles. The predicted octanol–water partition coefficient (Wildman–Crippen LogP) is 4.98. The summed E-state index contributed by atoms with van der Waals surface area (Å²) in [5.74, 6) is -5.04. The highest BCUT2D eigenvalue weighted by molar-refractivity contribution is 5.90. The smallest absolute Gasteiger partial charge is 0.366 e. The van der Waals surface area contributed by atoms with Gasteiger partial charge in [-0.15, -0.1) is 0 Å². The lowest BCUT2D eigenvalue weighted by Crippen LogP contribution is -2.73. The van der Waals surface area contributed by atoms with Gasteiger partial charge in [-0.2, -0.15) is 0 Å². The highest BCUT2D eigenvalue weighted by Crippen LogP contribution is 2.42. The van der Waals surface area contributed by atoms with Crippen LogP contribution in [0.3, 0.4) is 0 Å². The van der Waals surface area contributed by atoms with Crippen LogP contribution in [0.1, 0.15) is 39.6 Å². The number of hydrogen-bond donors (Lipinski definition) is 1. The Morgan fingerprint density at radius 3 is 2.04 bits per heavy atom. The Morgan fingerprint density at radius 2 is 1.50 bits per heavy atom. The molecule has 1 aliphatic rings. The normalized spacial score (nSPS) is 23.4. The summed E-state index contributed by atoms with van der Waals surface area (Å²) >= 11 is 0. The van der Waals surface area contributed by atoms with Gasteiger partial charge in [0.1, 0.15) is 24.4 Å². The fourth-order valence-electron chi connectivity index (χ4n) is 4.94. The van der Waals surface area contributed by atoms with Gasteiger partial charge in [0.2, 0.25) is 0 Å². The second-order valence-corrected chi connectivity index (χ2v) is 10.3. The van der Waals surface area contributed by atoms with Crippen LogP contribution < -0.4 is 5.73 Å². The molecular weight excluding hydrogens is 598 g/mol. The van der Waals surface area contributed by atoms with Gasteiger partial charge in [0.25, 0.3) is 5.79 Å². The van der Waals surface area contributed by atoms with Gasteiger partial charge in [0.05, 0.1) is 31.3 Å². The molecule has 0 aromatic heterocycles. The molecule has 4 rings (SSSR count). The first kappa shape index (κ1) is 33.5. The first-order valence-corrected chi connectivity index (χ1v) is 14.0. The average molecular weight is 630 g/mol. The molecule has 238 valence electrons. The van der Waals surface area contributed by atoms with E-state index in [9.17, 15) is 25.4 Å². The number of rotatable bonds is 12. The van der Waals surface area contributed by atoms with E-state index in [1.807, 2.05) is 0 Å². The van der Waals surface area contributed by atoms with E-state index in [2.05, 4.69) is 20.1 Å². The highest BCUT2D eigenvalue weighted by atomic mass is 16.7. The van der Waals surface area contributed by atoms with Crippen LogP contribution in [0, 0.1) is 0 Å². The number of ether oxygens (including phenoxy) is 5. The molecule has 2 N–H and O–H groups in total. The van der Waals surface area contributed by atoms with E-state index in [4.69, 9.17) is 29.4 Å². The van der Waals surface area contributed by atoms with E-state index < -0.39 is 60.1 Å². The Hall–Kier alpha value is -5.43. The molecule has 0 radical (unpaired) electrons. The number of azide groups is 2. The lowest BCUT2D eigenvalue weighted by molar-refractivity contribution is -0.314. The highest BCUT2D eigenvalue weighted by Gasteiger charge is 2.63. The molecule has 1 aliphatic heterocycles. The first-order valence-electron chi connectivity index (χ1n) is 14.0. The van der Waals surface area contributed by atoms with Gasteiger partial charge in [-0.3, -0.25) is 0 Å². The van der Waals surface area contributed by atoms with Crippen molar-refractivity contribution < 1.29 is 38.1 Å². The number of hydrogen-bond acceptors (Lipinski definition) is 11. The van der Waals surface area contributed by atoms with Crippen molar-refractivity contribution in [3.8, 4) is 0 Å². The van der Waals surface area contributed by atoms with E-state index in [0.29, 0.717) is 5.56 Å². The fourth-order valence-corrected chi connectivity index (χ4v) is 4.94. The summed E-state index contributed by atoms with van der Waals surface area (Å²) in [6, 6.07) is 23.1. The van der Waals surface area contributed by atoms with Crippen LogP contribution in [0.2, 0.25) is 0 Å². The van der Waals surface area contributed by atoms with Crippen molar-refractivity contribution in [2.75, 3.05) is 7.11 Å². The number of carbonyl (C=O) groups is 3. The topological polar surface area (TPSA) is 221 Å². The predicted molar refractivity (Wildman–Crippen MR) is 161 cm³/mol. The maximum Gasteiger partial charge on any atom is 0.366 e. The summed E-state index contributed by atoms with van der Waals surface area (Å²) in [7, 11) is 1.09. The summed E-state index contributed by atoms with van der Waals surface area (Å²) in [6.45, 7) is 1.20. The average Bonchev–Trinajstić information content (AvgIpc) is 3.08. The summed E-state index contributed by atoms with van der Waals surface area (Å²) < 4.78 is 28.7. The molecule has 6 atom stereocenters. The molecule has 0 unspecified atom stereocenters. The van der Waals surface area contributed by atoms with Gasteiger partial charge in [0.15, 0.2) is 5.66 Å². The van der Waals surface area contributed by atoms with Crippen LogP contribution >= 0.6 is 0 Å².